The Morgan fingerprint density at radius 2 is 2.00 bits per heavy atom. The van der Waals surface area contributed by atoms with Gasteiger partial charge in [-0.1, -0.05) is 24.3 Å². The highest BCUT2D eigenvalue weighted by Gasteiger charge is 2.05. The average Bonchev–Trinajstić information content (AvgIpc) is 3.10. The predicted octanol–water partition coefficient (Wildman–Crippen LogP) is 5.00. The second kappa shape index (κ2) is 9.14. The number of amides is 1. The van der Waals surface area contributed by atoms with Crippen molar-refractivity contribution in [3.8, 4) is 17.0 Å². The van der Waals surface area contributed by atoms with Gasteiger partial charge in [0.2, 0.25) is 11.0 Å². The van der Waals surface area contributed by atoms with Gasteiger partial charge in [0.15, 0.2) is 0 Å². The van der Waals surface area contributed by atoms with Crippen LogP contribution >= 0.6 is 11.3 Å². The van der Waals surface area contributed by atoms with Crippen LogP contribution in [0.25, 0.3) is 11.3 Å². The molecule has 144 valence electrons. The van der Waals surface area contributed by atoms with E-state index < -0.39 is 0 Å². The summed E-state index contributed by atoms with van der Waals surface area (Å²) in [6, 6.07) is 15.3. The Labute approximate surface area is 168 Å². The highest BCUT2D eigenvalue weighted by Crippen LogP contribution is 2.26. The van der Waals surface area contributed by atoms with Crippen molar-refractivity contribution >= 4 is 34.3 Å². The van der Waals surface area contributed by atoms with E-state index >= 15 is 0 Å². The monoisotopic (exact) mass is 394 g/mol. The quantitative estimate of drug-likeness (QED) is 0.437. The number of hydrogen-bond donors (Lipinski definition) is 2. The van der Waals surface area contributed by atoms with E-state index in [1.54, 1.807) is 6.21 Å². The molecule has 0 bridgehead atoms. The van der Waals surface area contributed by atoms with Crippen LogP contribution in [0.5, 0.6) is 5.75 Å². The maximum Gasteiger partial charge on any atom is 0.221 e. The molecule has 2 aromatic carbocycles. The molecule has 0 unspecified atom stereocenters. The van der Waals surface area contributed by atoms with Crippen molar-refractivity contribution < 1.29 is 9.53 Å². The number of carbonyl (C=O) groups excluding carboxylic acids is 1. The smallest absolute Gasteiger partial charge is 0.221 e. The van der Waals surface area contributed by atoms with E-state index in [0.717, 1.165) is 28.3 Å². The molecule has 0 saturated heterocycles. The van der Waals surface area contributed by atoms with Gasteiger partial charge in [0.1, 0.15) is 5.75 Å². The van der Waals surface area contributed by atoms with Crippen molar-refractivity contribution in [2.24, 2.45) is 5.10 Å². The van der Waals surface area contributed by atoms with Gasteiger partial charge in [-0.25, -0.2) is 4.98 Å². The summed E-state index contributed by atoms with van der Waals surface area (Å²) in [6.45, 7) is 5.48. The Hall–Kier alpha value is -3.19. The first-order valence-corrected chi connectivity index (χ1v) is 9.77. The molecule has 2 N–H and O–H groups in total. The average molecular weight is 395 g/mol. The normalized spacial score (nSPS) is 11.0. The minimum atomic E-state index is -0.0907. The number of anilines is 2. The zero-order valence-electron chi connectivity index (χ0n) is 16.0. The van der Waals surface area contributed by atoms with Crippen molar-refractivity contribution in [1.82, 2.24) is 4.98 Å². The van der Waals surface area contributed by atoms with E-state index in [2.05, 4.69) is 20.8 Å². The third-order valence-electron chi connectivity index (χ3n) is 3.61. The van der Waals surface area contributed by atoms with E-state index in [9.17, 15) is 4.79 Å². The van der Waals surface area contributed by atoms with Gasteiger partial charge in [-0.05, 0) is 43.7 Å². The molecule has 0 spiro atoms. The first-order valence-electron chi connectivity index (χ1n) is 8.89. The van der Waals surface area contributed by atoms with Crippen molar-refractivity contribution in [2.75, 3.05) is 10.7 Å². The Morgan fingerprint density at radius 3 is 2.71 bits per heavy atom. The van der Waals surface area contributed by atoms with Crippen molar-refractivity contribution in [3.63, 3.8) is 0 Å². The maximum atomic E-state index is 11.1. The number of thiazole rings is 1. The molecule has 1 aromatic heterocycles. The lowest BCUT2D eigenvalue weighted by atomic mass is 10.1. The third kappa shape index (κ3) is 5.65. The van der Waals surface area contributed by atoms with E-state index in [1.807, 2.05) is 67.8 Å². The van der Waals surface area contributed by atoms with Gasteiger partial charge in [-0.3, -0.25) is 10.2 Å². The molecule has 0 atom stereocenters. The molecule has 0 aliphatic rings. The van der Waals surface area contributed by atoms with Crippen LogP contribution in [0.1, 0.15) is 26.3 Å². The van der Waals surface area contributed by atoms with Gasteiger partial charge < -0.3 is 10.1 Å². The fraction of sp³-hybridized carbons (Fsp3) is 0.190. The van der Waals surface area contributed by atoms with Crippen LogP contribution in [0.3, 0.4) is 0 Å². The SMILES string of the molecule is CC(=O)Nc1ccc(-c2csc(N/N=C\c3cccc(OC(C)C)c3)n2)cc1. The van der Waals surface area contributed by atoms with Crippen LogP contribution in [0.15, 0.2) is 59.0 Å². The lowest BCUT2D eigenvalue weighted by molar-refractivity contribution is -0.114. The van der Waals surface area contributed by atoms with Gasteiger partial charge in [0, 0.05) is 23.6 Å². The van der Waals surface area contributed by atoms with Crippen LogP contribution < -0.4 is 15.5 Å². The van der Waals surface area contributed by atoms with Crippen LogP contribution in [0.4, 0.5) is 10.8 Å². The Balaban J connectivity index is 1.62. The Kier molecular flexibility index (Phi) is 6.39. The number of carbonyl (C=O) groups is 1. The number of nitrogens with zero attached hydrogens (tertiary/aromatic N) is 2. The molecule has 7 heteroatoms. The molecule has 0 fully saturated rings. The first kappa shape index (κ1) is 19.6. The zero-order valence-corrected chi connectivity index (χ0v) is 16.8. The van der Waals surface area contributed by atoms with Crippen molar-refractivity contribution in [2.45, 2.75) is 26.9 Å². The number of hydrazone groups is 1. The second-order valence-corrected chi connectivity index (χ2v) is 7.26. The molecule has 28 heavy (non-hydrogen) atoms. The van der Waals surface area contributed by atoms with Gasteiger partial charge in [-0.15, -0.1) is 11.3 Å². The summed E-state index contributed by atoms with van der Waals surface area (Å²) in [5.41, 5.74) is 6.49. The van der Waals surface area contributed by atoms with Crippen LogP contribution in [0.2, 0.25) is 0 Å². The highest BCUT2D eigenvalue weighted by molar-refractivity contribution is 7.14. The molecule has 0 saturated carbocycles. The summed E-state index contributed by atoms with van der Waals surface area (Å²) in [5, 5.41) is 9.67. The lowest BCUT2D eigenvalue weighted by Crippen LogP contribution is -2.05. The van der Waals surface area contributed by atoms with Gasteiger partial charge in [-0.2, -0.15) is 5.10 Å². The molecule has 0 aliphatic heterocycles. The molecule has 3 aromatic rings. The number of nitrogens with one attached hydrogen (secondary N) is 2. The summed E-state index contributed by atoms with van der Waals surface area (Å²) < 4.78 is 5.69. The number of rotatable bonds is 7. The van der Waals surface area contributed by atoms with Crippen LogP contribution in [0, 0.1) is 0 Å². The minimum Gasteiger partial charge on any atom is -0.491 e. The summed E-state index contributed by atoms with van der Waals surface area (Å²) >= 11 is 1.48. The Morgan fingerprint density at radius 1 is 1.21 bits per heavy atom. The maximum absolute atomic E-state index is 11.1. The molecular formula is C21H22N4O2S. The Bertz CT molecular complexity index is 965. The summed E-state index contributed by atoms with van der Waals surface area (Å²) in [7, 11) is 0. The standard InChI is InChI=1S/C21H22N4O2S/c1-14(2)27-19-6-4-5-16(11-19)12-22-25-21-24-20(13-28-21)17-7-9-18(10-8-17)23-15(3)26/h4-14H,1-3H3,(H,23,26)(H,24,25)/b22-12-. The molecule has 6 nitrogen and oxygen atoms in total. The number of hydrogen-bond acceptors (Lipinski definition) is 6. The molecule has 1 amide bonds. The largest absolute Gasteiger partial charge is 0.491 e. The second-order valence-electron chi connectivity index (χ2n) is 6.41. The van der Waals surface area contributed by atoms with E-state index in [0.29, 0.717) is 5.13 Å². The highest BCUT2D eigenvalue weighted by atomic mass is 32.1. The first-order chi connectivity index (χ1) is 13.5. The lowest BCUT2D eigenvalue weighted by Gasteiger charge is -2.09. The van der Waals surface area contributed by atoms with E-state index in [1.165, 1.54) is 18.3 Å². The van der Waals surface area contributed by atoms with Crippen LogP contribution in [-0.4, -0.2) is 23.2 Å². The van der Waals surface area contributed by atoms with E-state index in [4.69, 9.17) is 4.74 Å². The molecule has 3 rings (SSSR count). The number of ether oxygens (including phenoxy) is 1. The fourth-order valence-electron chi connectivity index (χ4n) is 2.49. The number of aromatic nitrogens is 1. The summed E-state index contributed by atoms with van der Waals surface area (Å²) in [5.74, 6) is 0.727. The van der Waals surface area contributed by atoms with Crippen molar-refractivity contribution in [1.29, 1.82) is 0 Å². The van der Waals surface area contributed by atoms with Gasteiger partial charge >= 0.3 is 0 Å². The van der Waals surface area contributed by atoms with Crippen LogP contribution in [-0.2, 0) is 4.79 Å². The molecule has 1 heterocycles. The van der Waals surface area contributed by atoms with Gasteiger partial charge in [0.25, 0.3) is 0 Å². The fourth-order valence-corrected chi connectivity index (χ4v) is 3.16. The summed E-state index contributed by atoms with van der Waals surface area (Å²) in [4.78, 5) is 15.6. The molecule has 0 aliphatic carbocycles. The molecule has 0 radical (unpaired) electrons. The summed E-state index contributed by atoms with van der Waals surface area (Å²) in [6.07, 6.45) is 1.86. The number of benzene rings is 2. The third-order valence-corrected chi connectivity index (χ3v) is 4.36. The van der Waals surface area contributed by atoms with Gasteiger partial charge in [0.05, 0.1) is 18.0 Å². The van der Waals surface area contributed by atoms with Crippen molar-refractivity contribution in [3.05, 3.63) is 59.5 Å². The van der Waals surface area contributed by atoms with E-state index in [-0.39, 0.29) is 12.0 Å². The zero-order chi connectivity index (χ0) is 19.9. The minimum absolute atomic E-state index is 0.0907. The topological polar surface area (TPSA) is 75.6 Å². The molecular weight excluding hydrogens is 372 g/mol. The predicted molar refractivity (Wildman–Crippen MR) is 115 cm³/mol.